The van der Waals surface area contributed by atoms with Crippen LogP contribution in [-0.2, 0) is 24.0 Å². The SMILES string of the molecule is CCCc1nc(C2CN(CCc3ccc4c(c3)CCO4)CCO2)n[nH]1. The zero-order chi connectivity index (χ0) is 17.1. The molecule has 2 aromatic rings. The highest BCUT2D eigenvalue weighted by Gasteiger charge is 2.25. The van der Waals surface area contributed by atoms with Crippen molar-refractivity contribution >= 4 is 0 Å². The third-order valence-electron chi connectivity index (χ3n) is 4.94. The van der Waals surface area contributed by atoms with E-state index in [-0.39, 0.29) is 6.10 Å². The molecule has 4 rings (SSSR count). The molecule has 25 heavy (non-hydrogen) atoms. The molecule has 0 aliphatic carbocycles. The molecule has 2 aliphatic heterocycles. The molecule has 1 unspecified atom stereocenters. The summed E-state index contributed by atoms with van der Waals surface area (Å²) < 4.78 is 11.5. The summed E-state index contributed by atoms with van der Waals surface area (Å²) in [5.41, 5.74) is 2.73. The number of nitrogens with zero attached hydrogens (tertiary/aromatic N) is 3. The monoisotopic (exact) mass is 342 g/mol. The van der Waals surface area contributed by atoms with Gasteiger partial charge in [-0.05, 0) is 30.0 Å². The zero-order valence-electron chi connectivity index (χ0n) is 14.8. The van der Waals surface area contributed by atoms with E-state index >= 15 is 0 Å². The Balaban J connectivity index is 1.33. The van der Waals surface area contributed by atoms with Crippen LogP contribution in [0.25, 0.3) is 0 Å². The summed E-state index contributed by atoms with van der Waals surface area (Å²) in [6, 6.07) is 6.60. The molecule has 0 saturated carbocycles. The topological polar surface area (TPSA) is 63.3 Å². The molecule has 1 atom stereocenters. The second kappa shape index (κ2) is 7.54. The van der Waals surface area contributed by atoms with Crippen LogP contribution in [0.3, 0.4) is 0 Å². The first kappa shape index (κ1) is 16.5. The van der Waals surface area contributed by atoms with Crippen LogP contribution in [0.4, 0.5) is 0 Å². The van der Waals surface area contributed by atoms with Crippen molar-refractivity contribution < 1.29 is 9.47 Å². The van der Waals surface area contributed by atoms with Crippen molar-refractivity contribution in [1.82, 2.24) is 20.1 Å². The Labute approximate surface area is 148 Å². The smallest absolute Gasteiger partial charge is 0.180 e. The molecular formula is C19H26N4O2. The van der Waals surface area contributed by atoms with Crippen LogP contribution in [0.2, 0.25) is 0 Å². The summed E-state index contributed by atoms with van der Waals surface area (Å²) in [5, 5.41) is 7.38. The molecule has 3 heterocycles. The fraction of sp³-hybridized carbons (Fsp3) is 0.579. The quantitative estimate of drug-likeness (QED) is 0.873. The highest BCUT2D eigenvalue weighted by Crippen LogP contribution is 2.26. The van der Waals surface area contributed by atoms with Gasteiger partial charge in [-0.15, -0.1) is 0 Å². The lowest BCUT2D eigenvalue weighted by Crippen LogP contribution is -2.39. The van der Waals surface area contributed by atoms with E-state index in [4.69, 9.17) is 9.47 Å². The number of benzene rings is 1. The molecular weight excluding hydrogens is 316 g/mol. The van der Waals surface area contributed by atoms with Crippen molar-refractivity contribution in [2.45, 2.75) is 38.7 Å². The Kier molecular flexibility index (Phi) is 4.99. The molecule has 1 aromatic carbocycles. The number of H-pyrrole nitrogens is 1. The number of aromatic nitrogens is 3. The van der Waals surface area contributed by atoms with Gasteiger partial charge in [0, 0.05) is 32.5 Å². The molecule has 0 amide bonds. The fourth-order valence-electron chi connectivity index (χ4n) is 3.55. The van der Waals surface area contributed by atoms with E-state index < -0.39 is 0 Å². The van der Waals surface area contributed by atoms with Gasteiger partial charge < -0.3 is 9.47 Å². The van der Waals surface area contributed by atoms with Gasteiger partial charge in [-0.3, -0.25) is 10.00 Å². The van der Waals surface area contributed by atoms with Crippen LogP contribution >= 0.6 is 0 Å². The molecule has 1 fully saturated rings. The van der Waals surface area contributed by atoms with Gasteiger partial charge in [0.2, 0.25) is 0 Å². The third kappa shape index (κ3) is 3.85. The van der Waals surface area contributed by atoms with Crippen LogP contribution in [0, 0.1) is 0 Å². The van der Waals surface area contributed by atoms with Gasteiger partial charge in [0.05, 0.1) is 13.2 Å². The first-order chi connectivity index (χ1) is 12.3. The van der Waals surface area contributed by atoms with Gasteiger partial charge in [-0.1, -0.05) is 19.1 Å². The lowest BCUT2D eigenvalue weighted by Gasteiger charge is -2.31. The van der Waals surface area contributed by atoms with Gasteiger partial charge in [-0.25, -0.2) is 4.98 Å². The lowest BCUT2D eigenvalue weighted by molar-refractivity contribution is -0.0337. The van der Waals surface area contributed by atoms with Crippen molar-refractivity contribution in [2.75, 3.05) is 32.8 Å². The molecule has 134 valence electrons. The number of fused-ring (bicyclic) bond motifs is 1. The minimum Gasteiger partial charge on any atom is -0.493 e. The van der Waals surface area contributed by atoms with Crippen LogP contribution in [0.5, 0.6) is 5.75 Å². The number of rotatable bonds is 6. The summed E-state index contributed by atoms with van der Waals surface area (Å²) in [5.74, 6) is 2.81. The number of aryl methyl sites for hydroxylation is 1. The Morgan fingerprint density at radius 2 is 2.24 bits per heavy atom. The molecule has 2 aliphatic rings. The average Bonchev–Trinajstić information content (AvgIpc) is 3.29. The molecule has 6 nitrogen and oxygen atoms in total. The second-order valence-electron chi connectivity index (χ2n) is 6.84. The van der Waals surface area contributed by atoms with Crippen molar-refractivity contribution in [3.8, 4) is 5.75 Å². The third-order valence-corrected chi connectivity index (χ3v) is 4.94. The van der Waals surface area contributed by atoms with Crippen molar-refractivity contribution in [3.63, 3.8) is 0 Å². The number of aromatic amines is 1. The zero-order valence-corrected chi connectivity index (χ0v) is 14.8. The van der Waals surface area contributed by atoms with Gasteiger partial charge in [0.25, 0.3) is 0 Å². The summed E-state index contributed by atoms with van der Waals surface area (Å²) in [6.45, 7) is 6.56. The summed E-state index contributed by atoms with van der Waals surface area (Å²) in [6.07, 6.45) is 4.07. The van der Waals surface area contributed by atoms with E-state index in [0.717, 1.165) is 75.9 Å². The Morgan fingerprint density at radius 1 is 1.28 bits per heavy atom. The molecule has 0 bridgehead atoms. The number of hydrogen-bond acceptors (Lipinski definition) is 5. The highest BCUT2D eigenvalue weighted by molar-refractivity contribution is 5.39. The maximum absolute atomic E-state index is 5.90. The van der Waals surface area contributed by atoms with E-state index in [9.17, 15) is 0 Å². The molecule has 0 radical (unpaired) electrons. The number of hydrogen-bond donors (Lipinski definition) is 1. The van der Waals surface area contributed by atoms with Gasteiger partial charge >= 0.3 is 0 Å². The van der Waals surface area contributed by atoms with Crippen LogP contribution in [-0.4, -0.2) is 52.9 Å². The normalized spacial score (nSPS) is 20.4. The van der Waals surface area contributed by atoms with Gasteiger partial charge in [0.15, 0.2) is 5.82 Å². The fourth-order valence-corrected chi connectivity index (χ4v) is 3.55. The van der Waals surface area contributed by atoms with Crippen LogP contribution < -0.4 is 4.74 Å². The van der Waals surface area contributed by atoms with E-state index in [0.29, 0.717) is 0 Å². The lowest BCUT2D eigenvalue weighted by atomic mass is 10.1. The standard InChI is InChI=1S/C19H26N4O2/c1-2-3-18-20-19(22-21-18)17-13-23(9-11-25-17)8-6-14-4-5-16-15(12-14)7-10-24-16/h4-5,12,17H,2-3,6-11,13H2,1H3,(H,20,21,22). The summed E-state index contributed by atoms with van der Waals surface area (Å²) >= 11 is 0. The van der Waals surface area contributed by atoms with E-state index in [1.165, 1.54) is 11.1 Å². The van der Waals surface area contributed by atoms with Gasteiger partial charge in [0.1, 0.15) is 17.7 Å². The van der Waals surface area contributed by atoms with Gasteiger partial charge in [-0.2, -0.15) is 5.10 Å². The largest absolute Gasteiger partial charge is 0.493 e. The Morgan fingerprint density at radius 3 is 3.16 bits per heavy atom. The predicted octanol–water partition coefficient (Wildman–Crippen LogP) is 2.31. The number of ether oxygens (including phenoxy) is 2. The Hall–Kier alpha value is -1.92. The van der Waals surface area contributed by atoms with E-state index in [1.54, 1.807) is 0 Å². The van der Waals surface area contributed by atoms with Crippen molar-refractivity contribution in [3.05, 3.63) is 41.0 Å². The summed E-state index contributed by atoms with van der Waals surface area (Å²) in [7, 11) is 0. The average molecular weight is 342 g/mol. The van der Waals surface area contributed by atoms with Crippen LogP contribution in [0.15, 0.2) is 18.2 Å². The van der Waals surface area contributed by atoms with E-state index in [1.807, 2.05) is 0 Å². The molecule has 1 saturated heterocycles. The predicted molar refractivity (Wildman–Crippen MR) is 94.9 cm³/mol. The number of nitrogens with one attached hydrogen (secondary N) is 1. The molecule has 1 aromatic heterocycles. The maximum atomic E-state index is 5.90. The molecule has 1 N–H and O–H groups in total. The maximum Gasteiger partial charge on any atom is 0.180 e. The first-order valence-corrected chi connectivity index (χ1v) is 9.31. The molecule has 6 heteroatoms. The number of morpholine rings is 1. The van der Waals surface area contributed by atoms with Crippen molar-refractivity contribution in [2.24, 2.45) is 0 Å². The summed E-state index contributed by atoms with van der Waals surface area (Å²) in [4.78, 5) is 7.04. The minimum atomic E-state index is -0.0240. The van der Waals surface area contributed by atoms with Crippen LogP contribution in [0.1, 0.15) is 42.2 Å². The minimum absolute atomic E-state index is 0.0240. The van der Waals surface area contributed by atoms with Crippen molar-refractivity contribution in [1.29, 1.82) is 0 Å². The molecule has 0 spiro atoms. The second-order valence-corrected chi connectivity index (χ2v) is 6.84. The Bertz CT molecular complexity index is 715. The highest BCUT2D eigenvalue weighted by atomic mass is 16.5. The first-order valence-electron chi connectivity index (χ1n) is 9.31. The van der Waals surface area contributed by atoms with E-state index in [2.05, 4.69) is 45.2 Å².